The number of hydrazone groups is 1. The van der Waals surface area contributed by atoms with E-state index in [1.165, 1.54) is 6.21 Å². The van der Waals surface area contributed by atoms with Gasteiger partial charge in [-0.05, 0) is 59.6 Å². The molecule has 0 spiro atoms. The molecule has 0 atom stereocenters. The van der Waals surface area contributed by atoms with Crippen LogP contribution in [0.15, 0.2) is 38.3 Å². The van der Waals surface area contributed by atoms with Crippen LogP contribution >= 0.6 is 15.9 Å². The van der Waals surface area contributed by atoms with Crippen LogP contribution in [0.2, 0.25) is 0 Å². The van der Waals surface area contributed by atoms with Gasteiger partial charge in [-0.2, -0.15) is 5.10 Å². The molecule has 2 rings (SSSR count). The minimum atomic E-state index is -0.438. The number of furan rings is 1. The zero-order valence-corrected chi connectivity index (χ0v) is 13.7. The molecule has 0 bridgehead atoms. The Balaban J connectivity index is 2.08. The number of nitrogens with zero attached hydrogens (tertiary/aromatic N) is 1. The molecular formula is C15H15BrN2O4. The topological polar surface area (TPSA) is 84.1 Å². The fourth-order valence-corrected chi connectivity index (χ4v) is 2.17. The first-order chi connectivity index (χ1) is 10.5. The summed E-state index contributed by atoms with van der Waals surface area (Å²) in [6.07, 6.45) is 1.44. The van der Waals surface area contributed by atoms with Crippen LogP contribution in [0.1, 0.15) is 28.8 Å². The highest BCUT2D eigenvalue weighted by atomic mass is 79.9. The standard InChI is InChI=1S/C15H15BrN2O4/c1-3-21-13-7-10(6-11(16)14(13)19)8-17-18-15(20)12-5-4-9(2)22-12/h4-8,19H,3H2,1-2H3,(H,18,20)/b17-8+. The Morgan fingerprint density at radius 1 is 1.50 bits per heavy atom. The van der Waals surface area contributed by atoms with E-state index in [0.717, 1.165) is 0 Å². The van der Waals surface area contributed by atoms with Gasteiger partial charge < -0.3 is 14.3 Å². The number of nitrogens with one attached hydrogen (secondary N) is 1. The van der Waals surface area contributed by atoms with Crippen molar-refractivity contribution < 1.29 is 19.1 Å². The van der Waals surface area contributed by atoms with Gasteiger partial charge in [0.25, 0.3) is 0 Å². The Kier molecular flexibility index (Phi) is 5.21. The number of benzene rings is 1. The number of aromatic hydroxyl groups is 1. The zero-order valence-electron chi connectivity index (χ0n) is 12.1. The molecule has 1 heterocycles. The highest BCUT2D eigenvalue weighted by Crippen LogP contribution is 2.34. The first kappa shape index (κ1) is 16.1. The van der Waals surface area contributed by atoms with Crippen LogP contribution in [0, 0.1) is 6.92 Å². The fraction of sp³-hybridized carbons (Fsp3) is 0.200. The molecule has 0 fully saturated rings. The maximum atomic E-state index is 11.7. The van der Waals surface area contributed by atoms with Crippen molar-refractivity contribution in [1.29, 1.82) is 0 Å². The second-order valence-electron chi connectivity index (χ2n) is 4.39. The average molecular weight is 367 g/mol. The summed E-state index contributed by atoms with van der Waals surface area (Å²) < 4.78 is 11.0. The number of ether oxygens (including phenoxy) is 1. The van der Waals surface area contributed by atoms with Crippen LogP contribution in [-0.2, 0) is 0 Å². The Labute approximate surface area is 135 Å². The second kappa shape index (κ2) is 7.13. The Bertz CT molecular complexity index is 710. The van der Waals surface area contributed by atoms with Gasteiger partial charge in [-0.3, -0.25) is 4.79 Å². The predicted molar refractivity (Wildman–Crippen MR) is 85.5 cm³/mol. The third-order valence-corrected chi connectivity index (χ3v) is 3.30. The molecule has 0 saturated carbocycles. The van der Waals surface area contributed by atoms with Gasteiger partial charge in [0.15, 0.2) is 17.3 Å². The molecule has 2 N–H and O–H groups in total. The zero-order chi connectivity index (χ0) is 16.1. The summed E-state index contributed by atoms with van der Waals surface area (Å²) in [5.41, 5.74) is 3.02. The van der Waals surface area contributed by atoms with Gasteiger partial charge in [-0.15, -0.1) is 0 Å². The van der Waals surface area contributed by atoms with Crippen molar-refractivity contribution in [3.63, 3.8) is 0 Å². The molecule has 0 unspecified atom stereocenters. The lowest BCUT2D eigenvalue weighted by molar-refractivity contribution is 0.0926. The maximum Gasteiger partial charge on any atom is 0.307 e. The van der Waals surface area contributed by atoms with Crippen molar-refractivity contribution in [2.75, 3.05) is 6.61 Å². The van der Waals surface area contributed by atoms with Crippen LogP contribution in [0.3, 0.4) is 0 Å². The summed E-state index contributed by atoms with van der Waals surface area (Å²) in [4.78, 5) is 11.7. The Hall–Kier alpha value is -2.28. The van der Waals surface area contributed by atoms with E-state index in [4.69, 9.17) is 9.15 Å². The van der Waals surface area contributed by atoms with Crippen molar-refractivity contribution in [1.82, 2.24) is 5.43 Å². The number of hydrogen-bond acceptors (Lipinski definition) is 5. The molecule has 22 heavy (non-hydrogen) atoms. The molecule has 1 amide bonds. The van der Waals surface area contributed by atoms with Crippen molar-refractivity contribution in [3.05, 3.63) is 45.8 Å². The van der Waals surface area contributed by atoms with Gasteiger partial charge in [0.1, 0.15) is 5.76 Å². The van der Waals surface area contributed by atoms with Gasteiger partial charge in [0.2, 0.25) is 0 Å². The van der Waals surface area contributed by atoms with E-state index in [1.807, 2.05) is 6.92 Å². The first-order valence-electron chi connectivity index (χ1n) is 6.56. The molecule has 0 aliphatic rings. The molecule has 1 aromatic heterocycles. The summed E-state index contributed by atoms with van der Waals surface area (Å²) in [6, 6.07) is 6.55. The molecule has 7 heteroatoms. The maximum absolute atomic E-state index is 11.7. The number of carbonyl (C=O) groups excluding carboxylic acids is 1. The molecule has 6 nitrogen and oxygen atoms in total. The van der Waals surface area contributed by atoms with Gasteiger partial charge in [-0.1, -0.05) is 0 Å². The van der Waals surface area contributed by atoms with E-state index >= 15 is 0 Å². The van der Waals surface area contributed by atoms with E-state index in [-0.39, 0.29) is 11.5 Å². The molecule has 0 radical (unpaired) electrons. The van der Waals surface area contributed by atoms with E-state index in [1.54, 1.807) is 31.2 Å². The van der Waals surface area contributed by atoms with Crippen molar-refractivity contribution in [3.8, 4) is 11.5 Å². The smallest absolute Gasteiger partial charge is 0.307 e. The summed E-state index contributed by atoms with van der Waals surface area (Å²) in [7, 11) is 0. The Morgan fingerprint density at radius 2 is 2.27 bits per heavy atom. The summed E-state index contributed by atoms with van der Waals surface area (Å²) in [6.45, 7) is 4.00. The number of aryl methyl sites for hydroxylation is 1. The summed E-state index contributed by atoms with van der Waals surface area (Å²) in [5, 5.41) is 13.7. The number of phenolic OH excluding ortho intramolecular Hbond substituents is 1. The number of halogens is 1. The molecule has 2 aromatic rings. The minimum absolute atomic E-state index is 0.0223. The SMILES string of the molecule is CCOc1cc(/C=N/NC(=O)c2ccc(C)o2)cc(Br)c1O. The van der Waals surface area contributed by atoms with Crippen LogP contribution < -0.4 is 10.2 Å². The Morgan fingerprint density at radius 3 is 2.91 bits per heavy atom. The lowest BCUT2D eigenvalue weighted by atomic mass is 10.2. The lowest BCUT2D eigenvalue weighted by Crippen LogP contribution is -2.16. The molecule has 0 aliphatic heterocycles. The molecule has 0 aliphatic carbocycles. The lowest BCUT2D eigenvalue weighted by Gasteiger charge is -2.08. The van der Waals surface area contributed by atoms with E-state index < -0.39 is 5.91 Å². The average Bonchev–Trinajstić information content (AvgIpc) is 2.91. The van der Waals surface area contributed by atoms with Crippen LogP contribution in [-0.4, -0.2) is 23.8 Å². The van der Waals surface area contributed by atoms with E-state index in [0.29, 0.717) is 28.2 Å². The molecule has 0 saturated heterocycles. The largest absolute Gasteiger partial charge is 0.503 e. The number of amides is 1. The van der Waals surface area contributed by atoms with Crippen molar-refractivity contribution >= 4 is 28.1 Å². The predicted octanol–water partition coefficient (Wildman–Crippen LogP) is 3.22. The third-order valence-electron chi connectivity index (χ3n) is 2.69. The van der Waals surface area contributed by atoms with Crippen molar-refractivity contribution in [2.24, 2.45) is 5.10 Å². The monoisotopic (exact) mass is 366 g/mol. The van der Waals surface area contributed by atoms with E-state index in [2.05, 4.69) is 26.5 Å². The molecular weight excluding hydrogens is 352 g/mol. The third kappa shape index (κ3) is 3.88. The first-order valence-corrected chi connectivity index (χ1v) is 7.35. The minimum Gasteiger partial charge on any atom is -0.503 e. The van der Waals surface area contributed by atoms with E-state index in [9.17, 15) is 9.90 Å². The van der Waals surface area contributed by atoms with Crippen LogP contribution in [0.4, 0.5) is 0 Å². The second-order valence-corrected chi connectivity index (χ2v) is 5.25. The number of phenols is 1. The van der Waals surface area contributed by atoms with Gasteiger partial charge in [0.05, 0.1) is 17.3 Å². The van der Waals surface area contributed by atoms with Gasteiger partial charge in [0, 0.05) is 0 Å². The van der Waals surface area contributed by atoms with Gasteiger partial charge >= 0.3 is 5.91 Å². The van der Waals surface area contributed by atoms with Crippen LogP contribution in [0.25, 0.3) is 0 Å². The number of hydrogen-bond donors (Lipinski definition) is 2. The van der Waals surface area contributed by atoms with Gasteiger partial charge in [-0.25, -0.2) is 5.43 Å². The van der Waals surface area contributed by atoms with Crippen molar-refractivity contribution in [2.45, 2.75) is 13.8 Å². The highest BCUT2D eigenvalue weighted by Gasteiger charge is 2.10. The summed E-state index contributed by atoms with van der Waals surface area (Å²) in [5.74, 6) is 0.766. The normalized spacial score (nSPS) is 10.9. The summed E-state index contributed by atoms with van der Waals surface area (Å²) >= 11 is 3.23. The highest BCUT2D eigenvalue weighted by molar-refractivity contribution is 9.10. The molecule has 116 valence electrons. The number of carbonyl (C=O) groups is 1. The molecule has 1 aromatic carbocycles. The number of rotatable bonds is 5. The quantitative estimate of drug-likeness (QED) is 0.628. The van der Waals surface area contributed by atoms with Crippen LogP contribution in [0.5, 0.6) is 11.5 Å². The fourth-order valence-electron chi connectivity index (χ4n) is 1.71.